The van der Waals surface area contributed by atoms with Crippen molar-refractivity contribution in [2.75, 3.05) is 13.1 Å². The van der Waals surface area contributed by atoms with Gasteiger partial charge in [-0.1, -0.05) is 6.92 Å². The molecule has 0 atom stereocenters. The first-order valence-corrected chi connectivity index (χ1v) is 7.71. The molecular formula is C14H25N5. The molecule has 1 aromatic rings. The summed E-state index contributed by atoms with van der Waals surface area (Å²) in [6.07, 6.45) is 8.41. The Kier molecular flexibility index (Phi) is 4.13. The van der Waals surface area contributed by atoms with E-state index in [0.717, 1.165) is 37.5 Å². The van der Waals surface area contributed by atoms with Gasteiger partial charge >= 0.3 is 0 Å². The lowest BCUT2D eigenvalue weighted by atomic mass is 9.90. The van der Waals surface area contributed by atoms with Crippen molar-refractivity contribution in [1.82, 2.24) is 25.0 Å². The SMILES string of the molecule is CCCNC1CCC(N2CCn3cnnc3C2)CC1. The second-order valence-electron chi connectivity index (χ2n) is 5.87. The second-order valence-corrected chi connectivity index (χ2v) is 5.87. The van der Waals surface area contributed by atoms with E-state index in [0.29, 0.717) is 0 Å². The maximum absolute atomic E-state index is 4.22. The van der Waals surface area contributed by atoms with Gasteiger partial charge in [-0.3, -0.25) is 4.90 Å². The summed E-state index contributed by atoms with van der Waals surface area (Å²) in [6, 6.07) is 1.51. The third-order valence-electron chi connectivity index (χ3n) is 4.56. The molecule has 0 amide bonds. The Hall–Kier alpha value is -0.940. The molecule has 2 aliphatic rings. The number of hydrogen-bond acceptors (Lipinski definition) is 4. The van der Waals surface area contributed by atoms with Crippen LogP contribution in [0.3, 0.4) is 0 Å². The van der Waals surface area contributed by atoms with Gasteiger partial charge in [0.15, 0.2) is 0 Å². The Labute approximate surface area is 115 Å². The normalized spacial score (nSPS) is 28.3. The lowest BCUT2D eigenvalue weighted by Crippen LogP contribution is -2.45. The average molecular weight is 263 g/mol. The molecule has 106 valence electrons. The molecule has 3 rings (SSSR count). The molecule has 5 heteroatoms. The third-order valence-corrected chi connectivity index (χ3v) is 4.56. The van der Waals surface area contributed by atoms with E-state index in [4.69, 9.17) is 0 Å². The van der Waals surface area contributed by atoms with Gasteiger partial charge in [0.25, 0.3) is 0 Å². The molecule has 1 aromatic heterocycles. The maximum atomic E-state index is 4.22. The predicted molar refractivity (Wildman–Crippen MR) is 74.8 cm³/mol. The summed E-state index contributed by atoms with van der Waals surface area (Å²) in [4.78, 5) is 2.61. The van der Waals surface area contributed by atoms with Crippen LogP contribution in [-0.2, 0) is 13.1 Å². The van der Waals surface area contributed by atoms with Crippen LogP contribution in [0.1, 0.15) is 44.9 Å². The minimum Gasteiger partial charge on any atom is -0.315 e. The highest BCUT2D eigenvalue weighted by Gasteiger charge is 2.28. The van der Waals surface area contributed by atoms with E-state index >= 15 is 0 Å². The van der Waals surface area contributed by atoms with Gasteiger partial charge in [0.05, 0.1) is 6.54 Å². The first-order chi connectivity index (χ1) is 9.36. The first-order valence-electron chi connectivity index (χ1n) is 7.71. The summed E-state index contributed by atoms with van der Waals surface area (Å²) >= 11 is 0. The number of nitrogens with zero attached hydrogens (tertiary/aromatic N) is 4. The van der Waals surface area contributed by atoms with Crippen LogP contribution in [0.5, 0.6) is 0 Å². The molecule has 5 nitrogen and oxygen atoms in total. The van der Waals surface area contributed by atoms with Crippen molar-refractivity contribution in [1.29, 1.82) is 0 Å². The van der Waals surface area contributed by atoms with Gasteiger partial charge in [0.1, 0.15) is 12.2 Å². The van der Waals surface area contributed by atoms with Crippen LogP contribution in [0.4, 0.5) is 0 Å². The molecule has 1 fully saturated rings. The molecule has 1 N–H and O–H groups in total. The van der Waals surface area contributed by atoms with Gasteiger partial charge in [-0.05, 0) is 38.6 Å². The van der Waals surface area contributed by atoms with Gasteiger partial charge < -0.3 is 9.88 Å². The average Bonchev–Trinajstić information content (AvgIpc) is 2.93. The molecule has 19 heavy (non-hydrogen) atoms. The highest BCUT2D eigenvalue weighted by molar-refractivity contribution is 4.93. The fraction of sp³-hybridized carbons (Fsp3) is 0.857. The van der Waals surface area contributed by atoms with Gasteiger partial charge in [0, 0.05) is 25.2 Å². The Morgan fingerprint density at radius 3 is 2.89 bits per heavy atom. The molecule has 0 saturated heterocycles. The lowest BCUT2D eigenvalue weighted by molar-refractivity contribution is 0.112. The van der Waals surface area contributed by atoms with Crippen molar-refractivity contribution in [2.24, 2.45) is 0 Å². The van der Waals surface area contributed by atoms with Crippen LogP contribution in [0.2, 0.25) is 0 Å². The van der Waals surface area contributed by atoms with E-state index in [2.05, 4.69) is 31.9 Å². The fourth-order valence-electron chi connectivity index (χ4n) is 3.39. The van der Waals surface area contributed by atoms with Crippen molar-refractivity contribution in [3.05, 3.63) is 12.2 Å². The van der Waals surface area contributed by atoms with E-state index in [9.17, 15) is 0 Å². The van der Waals surface area contributed by atoms with E-state index in [-0.39, 0.29) is 0 Å². The van der Waals surface area contributed by atoms with E-state index < -0.39 is 0 Å². The number of aromatic nitrogens is 3. The third kappa shape index (κ3) is 2.98. The van der Waals surface area contributed by atoms with Crippen molar-refractivity contribution in [2.45, 2.75) is 64.2 Å². The van der Waals surface area contributed by atoms with Crippen LogP contribution in [-0.4, -0.2) is 44.8 Å². The van der Waals surface area contributed by atoms with Crippen LogP contribution >= 0.6 is 0 Å². The summed E-state index contributed by atoms with van der Waals surface area (Å²) in [6.45, 7) is 6.60. The van der Waals surface area contributed by atoms with Gasteiger partial charge in [-0.2, -0.15) is 0 Å². The first kappa shape index (κ1) is 13.1. The predicted octanol–water partition coefficient (Wildman–Crippen LogP) is 1.40. The molecule has 1 aliphatic carbocycles. The van der Waals surface area contributed by atoms with Gasteiger partial charge in [-0.15, -0.1) is 10.2 Å². The molecule has 1 saturated carbocycles. The Balaban J connectivity index is 1.50. The maximum Gasteiger partial charge on any atom is 0.147 e. The zero-order chi connectivity index (χ0) is 13.1. The highest BCUT2D eigenvalue weighted by Crippen LogP contribution is 2.25. The molecule has 2 heterocycles. The number of hydrogen-bond donors (Lipinski definition) is 1. The summed E-state index contributed by atoms with van der Waals surface area (Å²) in [5, 5.41) is 11.9. The summed E-state index contributed by atoms with van der Waals surface area (Å²) in [7, 11) is 0. The Morgan fingerprint density at radius 1 is 1.26 bits per heavy atom. The second kappa shape index (κ2) is 6.01. The zero-order valence-corrected chi connectivity index (χ0v) is 11.9. The van der Waals surface area contributed by atoms with Crippen molar-refractivity contribution in [3.63, 3.8) is 0 Å². The molecule has 0 bridgehead atoms. The van der Waals surface area contributed by atoms with Crippen LogP contribution in [0.15, 0.2) is 6.33 Å². The molecule has 0 aromatic carbocycles. The molecule has 1 aliphatic heterocycles. The van der Waals surface area contributed by atoms with E-state index in [1.54, 1.807) is 0 Å². The Morgan fingerprint density at radius 2 is 2.11 bits per heavy atom. The minimum absolute atomic E-state index is 0.754. The smallest absolute Gasteiger partial charge is 0.147 e. The number of fused-ring (bicyclic) bond motifs is 1. The van der Waals surface area contributed by atoms with Crippen LogP contribution < -0.4 is 5.32 Å². The monoisotopic (exact) mass is 263 g/mol. The van der Waals surface area contributed by atoms with Gasteiger partial charge in [0.2, 0.25) is 0 Å². The highest BCUT2D eigenvalue weighted by atomic mass is 15.3. The largest absolute Gasteiger partial charge is 0.315 e. The lowest BCUT2D eigenvalue weighted by Gasteiger charge is -2.38. The standard InChI is InChI=1S/C14H25N5/c1-2-7-15-12-3-5-13(6-4-12)18-8-9-19-11-16-17-14(19)10-18/h11-13,15H,2-10H2,1H3. The van der Waals surface area contributed by atoms with E-state index in [1.165, 1.54) is 38.6 Å². The van der Waals surface area contributed by atoms with Crippen LogP contribution in [0.25, 0.3) is 0 Å². The fourth-order valence-corrected chi connectivity index (χ4v) is 3.39. The number of rotatable bonds is 4. The molecule has 0 spiro atoms. The van der Waals surface area contributed by atoms with E-state index in [1.807, 2.05) is 6.33 Å². The summed E-state index contributed by atoms with van der Waals surface area (Å²) < 4.78 is 2.19. The van der Waals surface area contributed by atoms with Crippen molar-refractivity contribution < 1.29 is 0 Å². The number of nitrogens with one attached hydrogen (secondary N) is 1. The van der Waals surface area contributed by atoms with Crippen molar-refractivity contribution >= 4 is 0 Å². The minimum atomic E-state index is 0.754. The molecular weight excluding hydrogens is 238 g/mol. The Bertz CT molecular complexity index is 394. The topological polar surface area (TPSA) is 46.0 Å². The van der Waals surface area contributed by atoms with Gasteiger partial charge in [-0.25, -0.2) is 0 Å². The molecule has 0 unspecified atom stereocenters. The summed E-state index contributed by atoms with van der Waals surface area (Å²) in [5.74, 6) is 1.14. The molecule has 0 radical (unpaired) electrons. The van der Waals surface area contributed by atoms with Crippen LogP contribution in [0, 0.1) is 0 Å². The quantitative estimate of drug-likeness (QED) is 0.892. The van der Waals surface area contributed by atoms with Crippen molar-refractivity contribution in [3.8, 4) is 0 Å². The summed E-state index contributed by atoms with van der Waals surface area (Å²) in [5.41, 5.74) is 0. The zero-order valence-electron chi connectivity index (χ0n) is 11.9.